The highest BCUT2D eigenvalue weighted by atomic mass is 32.1. The molecule has 5 nitrogen and oxygen atoms in total. The number of rotatable bonds is 5. The first-order valence-corrected chi connectivity index (χ1v) is 8.16. The van der Waals surface area contributed by atoms with Crippen molar-refractivity contribution in [3.8, 4) is 5.88 Å². The Morgan fingerprint density at radius 3 is 2.78 bits per heavy atom. The van der Waals surface area contributed by atoms with E-state index in [1.807, 2.05) is 37.3 Å². The van der Waals surface area contributed by atoms with Crippen LogP contribution in [0.4, 0.5) is 0 Å². The Bertz CT molecular complexity index is 830. The number of aryl methyl sites for hydroxylation is 1. The van der Waals surface area contributed by atoms with Crippen LogP contribution in [0.5, 0.6) is 5.88 Å². The minimum absolute atomic E-state index is 0.293. The molecule has 0 spiro atoms. The molecule has 0 aliphatic heterocycles. The number of benzene rings is 1. The van der Waals surface area contributed by atoms with E-state index in [0.717, 1.165) is 16.0 Å². The highest BCUT2D eigenvalue weighted by molar-refractivity contribution is 7.17. The molecule has 2 aromatic heterocycles. The lowest BCUT2D eigenvalue weighted by atomic mass is 10.2. The van der Waals surface area contributed by atoms with Crippen molar-refractivity contribution in [1.29, 1.82) is 0 Å². The Morgan fingerprint density at radius 1 is 1.26 bits per heavy atom. The van der Waals surface area contributed by atoms with Gasteiger partial charge in [0.15, 0.2) is 0 Å². The summed E-state index contributed by atoms with van der Waals surface area (Å²) in [4.78, 5) is 21.0. The van der Waals surface area contributed by atoms with Crippen LogP contribution in [-0.2, 0) is 11.3 Å². The van der Waals surface area contributed by atoms with Gasteiger partial charge in [0.05, 0.1) is 22.5 Å². The molecule has 0 saturated heterocycles. The average molecular weight is 328 g/mol. The van der Waals surface area contributed by atoms with Crippen molar-refractivity contribution in [3.05, 3.63) is 52.7 Å². The van der Waals surface area contributed by atoms with Crippen molar-refractivity contribution < 1.29 is 14.3 Å². The summed E-state index contributed by atoms with van der Waals surface area (Å²) in [6.07, 6.45) is 0. The van der Waals surface area contributed by atoms with E-state index in [4.69, 9.17) is 9.47 Å². The second-order valence-electron chi connectivity index (χ2n) is 4.90. The zero-order valence-electron chi connectivity index (χ0n) is 12.9. The van der Waals surface area contributed by atoms with Gasteiger partial charge in [-0.3, -0.25) is 0 Å². The fourth-order valence-corrected chi connectivity index (χ4v) is 3.12. The van der Waals surface area contributed by atoms with Gasteiger partial charge in [0, 0.05) is 0 Å². The molecule has 0 unspecified atom stereocenters. The molecule has 2 heterocycles. The number of fused-ring (bicyclic) bond motifs is 1. The van der Waals surface area contributed by atoms with E-state index in [-0.39, 0.29) is 0 Å². The second-order valence-corrected chi connectivity index (χ2v) is 5.76. The molecule has 0 radical (unpaired) electrons. The molecule has 118 valence electrons. The van der Waals surface area contributed by atoms with Gasteiger partial charge in [-0.15, -0.1) is 11.3 Å². The molecule has 0 bridgehead atoms. The van der Waals surface area contributed by atoms with Gasteiger partial charge >= 0.3 is 5.97 Å². The molecule has 0 aliphatic rings. The fraction of sp³-hybridized carbons (Fsp3) is 0.235. The lowest BCUT2D eigenvalue weighted by molar-refractivity contribution is 0.0523. The summed E-state index contributed by atoms with van der Waals surface area (Å²) in [5.74, 6) is -0.140. The fourth-order valence-electron chi connectivity index (χ4n) is 2.25. The summed E-state index contributed by atoms with van der Waals surface area (Å²) >= 11 is 1.39. The van der Waals surface area contributed by atoms with Crippen LogP contribution < -0.4 is 4.74 Å². The molecule has 0 N–H and O–H groups in total. The summed E-state index contributed by atoms with van der Waals surface area (Å²) < 4.78 is 11.7. The van der Waals surface area contributed by atoms with E-state index in [1.54, 1.807) is 12.4 Å². The van der Waals surface area contributed by atoms with Crippen LogP contribution in [0.1, 0.15) is 28.5 Å². The third-order valence-electron chi connectivity index (χ3n) is 3.32. The largest absolute Gasteiger partial charge is 0.472 e. The van der Waals surface area contributed by atoms with E-state index < -0.39 is 5.97 Å². The third kappa shape index (κ3) is 3.17. The molecule has 3 rings (SSSR count). The maximum Gasteiger partial charge on any atom is 0.345 e. The predicted molar refractivity (Wildman–Crippen MR) is 88.9 cm³/mol. The maximum atomic E-state index is 12.3. The van der Waals surface area contributed by atoms with Crippen LogP contribution in [0.2, 0.25) is 0 Å². The molecule has 6 heteroatoms. The zero-order valence-corrected chi connectivity index (χ0v) is 13.7. The summed E-state index contributed by atoms with van der Waals surface area (Å²) in [6, 6.07) is 9.75. The Balaban J connectivity index is 2.00. The number of thiazole rings is 1. The van der Waals surface area contributed by atoms with Gasteiger partial charge in [0.25, 0.3) is 0 Å². The number of nitrogens with zero attached hydrogens (tertiary/aromatic N) is 2. The molecule has 23 heavy (non-hydrogen) atoms. The monoisotopic (exact) mass is 328 g/mol. The Morgan fingerprint density at radius 2 is 2.04 bits per heavy atom. The van der Waals surface area contributed by atoms with Crippen molar-refractivity contribution in [2.45, 2.75) is 20.5 Å². The molecule has 0 saturated carbocycles. The van der Waals surface area contributed by atoms with Crippen molar-refractivity contribution in [2.24, 2.45) is 0 Å². The van der Waals surface area contributed by atoms with Gasteiger partial charge in [0.2, 0.25) is 5.88 Å². The van der Waals surface area contributed by atoms with Crippen LogP contribution in [0, 0.1) is 6.92 Å². The van der Waals surface area contributed by atoms with Gasteiger partial charge in [-0.1, -0.05) is 30.3 Å². The van der Waals surface area contributed by atoms with Crippen LogP contribution >= 0.6 is 11.3 Å². The minimum atomic E-state index is -0.433. The Kier molecular flexibility index (Phi) is 4.52. The molecule has 0 atom stereocenters. The molecule has 0 aliphatic carbocycles. The lowest BCUT2D eigenvalue weighted by Crippen LogP contribution is -2.10. The van der Waals surface area contributed by atoms with Crippen LogP contribution in [0.15, 0.2) is 35.8 Å². The average Bonchev–Trinajstić information content (AvgIpc) is 3.04. The van der Waals surface area contributed by atoms with E-state index in [0.29, 0.717) is 30.2 Å². The van der Waals surface area contributed by atoms with Crippen molar-refractivity contribution in [3.63, 3.8) is 0 Å². The van der Waals surface area contributed by atoms with Gasteiger partial charge in [-0.25, -0.2) is 14.8 Å². The Labute approximate surface area is 137 Å². The predicted octanol–water partition coefficient (Wildman–Crippen LogP) is 3.76. The summed E-state index contributed by atoms with van der Waals surface area (Å²) in [5.41, 5.74) is 4.50. The smallest absolute Gasteiger partial charge is 0.345 e. The van der Waals surface area contributed by atoms with Gasteiger partial charge in [-0.05, 0) is 19.4 Å². The summed E-state index contributed by atoms with van der Waals surface area (Å²) in [5, 5.41) is 0. The minimum Gasteiger partial charge on any atom is -0.472 e. The third-order valence-corrected chi connectivity index (χ3v) is 4.16. The number of hydrogen-bond donors (Lipinski definition) is 0. The van der Waals surface area contributed by atoms with Gasteiger partial charge in [0.1, 0.15) is 17.7 Å². The molecule has 3 aromatic rings. The number of aromatic nitrogens is 2. The number of carbonyl (C=O) groups is 1. The highest BCUT2D eigenvalue weighted by Gasteiger charge is 2.23. The zero-order chi connectivity index (χ0) is 16.2. The summed E-state index contributed by atoms with van der Waals surface area (Å²) in [7, 11) is 0. The first-order chi connectivity index (χ1) is 11.2. The van der Waals surface area contributed by atoms with Gasteiger partial charge < -0.3 is 9.47 Å². The molecule has 1 aromatic carbocycles. The lowest BCUT2D eigenvalue weighted by Gasteiger charge is -2.12. The molecule has 0 amide bonds. The number of carbonyl (C=O) groups excluding carboxylic acids is 1. The number of esters is 1. The standard InChI is InChI=1S/C17H16N2O3S/c1-3-21-17(20)13-15-14(18-10-23-15)11(2)19-16(13)22-9-12-7-5-4-6-8-12/h4-8,10H,3,9H2,1-2H3. The first kappa shape index (κ1) is 15.4. The number of ether oxygens (including phenoxy) is 2. The van der Waals surface area contributed by atoms with Gasteiger partial charge in [-0.2, -0.15) is 0 Å². The van der Waals surface area contributed by atoms with Crippen molar-refractivity contribution >= 4 is 27.5 Å². The van der Waals surface area contributed by atoms with E-state index >= 15 is 0 Å². The van der Waals surface area contributed by atoms with Crippen molar-refractivity contribution in [1.82, 2.24) is 9.97 Å². The second kappa shape index (κ2) is 6.75. The topological polar surface area (TPSA) is 61.3 Å². The van der Waals surface area contributed by atoms with Crippen LogP contribution in [-0.4, -0.2) is 22.5 Å². The quantitative estimate of drug-likeness (QED) is 0.667. The maximum absolute atomic E-state index is 12.3. The first-order valence-electron chi connectivity index (χ1n) is 7.28. The van der Waals surface area contributed by atoms with Crippen LogP contribution in [0.25, 0.3) is 10.2 Å². The molecule has 0 fully saturated rings. The summed E-state index contributed by atoms with van der Waals surface area (Å²) in [6.45, 7) is 4.26. The van der Waals surface area contributed by atoms with E-state index in [9.17, 15) is 4.79 Å². The van der Waals surface area contributed by atoms with E-state index in [2.05, 4.69) is 9.97 Å². The van der Waals surface area contributed by atoms with Crippen molar-refractivity contribution in [2.75, 3.05) is 6.61 Å². The molecular weight excluding hydrogens is 312 g/mol. The number of hydrogen-bond acceptors (Lipinski definition) is 6. The SMILES string of the molecule is CCOC(=O)c1c(OCc2ccccc2)nc(C)c2ncsc12. The normalized spacial score (nSPS) is 10.7. The van der Waals surface area contributed by atoms with E-state index in [1.165, 1.54) is 11.3 Å². The van der Waals surface area contributed by atoms with Crippen LogP contribution in [0.3, 0.4) is 0 Å². The highest BCUT2D eigenvalue weighted by Crippen LogP contribution is 2.31. The molecular formula is C17H16N2O3S. The number of pyridine rings is 1. The Hall–Kier alpha value is -2.47.